The molecule has 0 spiro atoms. The number of fused-ring (bicyclic) bond motifs is 1. The summed E-state index contributed by atoms with van der Waals surface area (Å²) in [6.45, 7) is 3.89. The second-order valence-electron chi connectivity index (χ2n) is 7.52. The van der Waals surface area contributed by atoms with Gasteiger partial charge >= 0.3 is 0 Å². The largest absolute Gasteiger partial charge is 0.439 e. The molecule has 0 saturated carbocycles. The Morgan fingerprint density at radius 2 is 1.76 bits per heavy atom. The fraction of sp³-hybridized carbons (Fsp3) is 0.0800. The van der Waals surface area contributed by atoms with E-state index in [1.54, 1.807) is 41.1 Å². The van der Waals surface area contributed by atoms with Crippen molar-refractivity contribution in [3.63, 3.8) is 0 Å². The van der Waals surface area contributed by atoms with Gasteiger partial charge in [0.05, 0.1) is 11.2 Å². The van der Waals surface area contributed by atoms with Crippen LogP contribution in [0.2, 0.25) is 0 Å². The predicted octanol–water partition coefficient (Wildman–Crippen LogP) is 4.87. The van der Waals surface area contributed by atoms with Gasteiger partial charge in [0.2, 0.25) is 5.88 Å². The highest BCUT2D eigenvalue weighted by Gasteiger charge is 2.10. The molecular weight excluding hydrogens is 416 g/mol. The molecule has 0 aliphatic rings. The zero-order valence-corrected chi connectivity index (χ0v) is 18.1. The number of carbonyl (C=O) groups is 1. The molecule has 1 N–H and O–H groups in total. The number of benzene rings is 2. The topological polar surface area (TPSA) is 94.8 Å². The third-order valence-electron chi connectivity index (χ3n) is 5.02. The Bertz CT molecular complexity index is 1460. The monoisotopic (exact) mass is 436 g/mol. The quantitative estimate of drug-likeness (QED) is 0.422. The summed E-state index contributed by atoms with van der Waals surface area (Å²) in [6.07, 6.45) is 1.44. The highest BCUT2D eigenvalue weighted by atomic mass is 16.5. The van der Waals surface area contributed by atoms with Gasteiger partial charge in [-0.2, -0.15) is 5.10 Å². The molecule has 0 saturated heterocycles. The summed E-state index contributed by atoms with van der Waals surface area (Å²) in [7, 11) is 0. The average Bonchev–Trinajstić information content (AvgIpc) is 3.18. The van der Waals surface area contributed by atoms with E-state index in [2.05, 4.69) is 25.4 Å². The third-order valence-corrected chi connectivity index (χ3v) is 5.02. The van der Waals surface area contributed by atoms with Crippen molar-refractivity contribution in [3.8, 4) is 17.4 Å². The Morgan fingerprint density at radius 1 is 0.939 bits per heavy atom. The number of aromatic nitrogens is 5. The van der Waals surface area contributed by atoms with Crippen LogP contribution in [0.4, 0.5) is 5.69 Å². The summed E-state index contributed by atoms with van der Waals surface area (Å²) < 4.78 is 7.60. The van der Waals surface area contributed by atoms with Crippen LogP contribution in [0, 0.1) is 13.8 Å². The Morgan fingerprint density at radius 3 is 2.55 bits per heavy atom. The molecule has 0 bridgehead atoms. The first kappa shape index (κ1) is 20.3. The van der Waals surface area contributed by atoms with Crippen LogP contribution in [0.25, 0.3) is 16.7 Å². The van der Waals surface area contributed by atoms with Crippen LogP contribution < -0.4 is 10.1 Å². The van der Waals surface area contributed by atoms with Crippen LogP contribution >= 0.6 is 0 Å². The number of hydrogen-bond acceptors (Lipinski definition) is 6. The van der Waals surface area contributed by atoms with Crippen molar-refractivity contribution in [2.24, 2.45) is 0 Å². The lowest BCUT2D eigenvalue weighted by Crippen LogP contribution is -2.13. The summed E-state index contributed by atoms with van der Waals surface area (Å²) in [5.41, 5.74) is 3.64. The zero-order valence-electron chi connectivity index (χ0n) is 18.1. The van der Waals surface area contributed by atoms with Crippen LogP contribution in [0.3, 0.4) is 0 Å². The van der Waals surface area contributed by atoms with Crippen LogP contribution in [-0.2, 0) is 0 Å². The molecule has 0 unspecified atom stereocenters. The maximum absolute atomic E-state index is 12.6. The molecule has 162 valence electrons. The highest BCUT2D eigenvalue weighted by molar-refractivity contribution is 6.04. The third kappa shape index (κ3) is 4.40. The van der Waals surface area contributed by atoms with E-state index < -0.39 is 0 Å². The fourth-order valence-electron chi connectivity index (χ4n) is 3.48. The number of amides is 1. The minimum Gasteiger partial charge on any atom is -0.439 e. The van der Waals surface area contributed by atoms with Crippen molar-refractivity contribution in [1.82, 2.24) is 24.7 Å². The van der Waals surface area contributed by atoms with Crippen LogP contribution in [0.15, 0.2) is 79.1 Å². The van der Waals surface area contributed by atoms with E-state index in [1.807, 2.05) is 50.2 Å². The van der Waals surface area contributed by atoms with Gasteiger partial charge in [-0.25, -0.2) is 19.6 Å². The number of nitrogens with one attached hydrogen (secondary N) is 1. The first-order valence-corrected chi connectivity index (χ1v) is 10.4. The molecule has 0 fully saturated rings. The van der Waals surface area contributed by atoms with Gasteiger partial charge in [-0.15, -0.1) is 0 Å². The van der Waals surface area contributed by atoms with E-state index >= 15 is 0 Å². The standard InChI is InChI=1S/C25H20N6O2/c1-16-13-17(2)31(30-16)23-14-24(27-15-26-23)33-20-10-8-19(9-11-20)28-25(32)22-12-7-18-5-3-4-6-21(18)29-22/h3-15H,1-2H3,(H,28,32). The van der Waals surface area contributed by atoms with Crippen molar-refractivity contribution in [2.45, 2.75) is 13.8 Å². The lowest BCUT2D eigenvalue weighted by molar-refractivity contribution is 0.102. The molecule has 5 aromatic rings. The van der Waals surface area contributed by atoms with Crippen molar-refractivity contribution in [3.05, 3.63) is 96.2 Å². The summed E-state index contributed by atoms with van der Waals surface area (Å²) in [5.74, 6) is 1.32. The van der Waals surface area contributed by atoms with Crippen LogP contribution in [0.1, 0.15) is 21.9 Å². The number of hydrogen-bond donors (Lipinski definition) is 1. The number of ether oxygens (including phenoxy) is 1. The molecular formula is C25H20N6O2. The number of carbonyl (C=O) groups excluding carboxylic acids is 1. The summed E-state index contributed by atoms with van der Waals surface area (Å²) in [5, 5.41) is 8.28. The molecule has 0 aliphatic heterocycles. The van der Waals surface area contributed by atoms with E-state index in [1.165, 1.54) is 6.33 Å². The molecule has 0 atom stereocenters. The summed E-state index contributed by atoms with van der Waals surface area (Å²) in [4.78, 5) is 25.5. The van der Waals surface area contributed by atoms with E-state index in [4.69, 9.17) is 4.74 Å². The minimum atomic E-state index is -0.278. The van der Waals surface area contributed by atoms with E-state index in [0.717, 1.165) is 22.3 Å². The lowest BCUT2D eigenvalue weighted by atomic mass is 10.2. The first-order chi connectivity index (χ1) is 16.0. The maximum atomic E-state index is 12.6. The fourth-order valence-corrected chi connectivity index (χ4v) is 3.48. The normalized spacial score (nSPS) is 10.8. The Hall–Kier alpha value is -4.59. The van der Waals surface area contributed by atoms with Crippen molar-refractivity contribution < 1.29 is 9.53 Å². The smallest absolute Gasteiger partial charge is 0.274 e. The zero-order chi connectivity index (χ0) is 22.8. The average molecular weight is 436 g/mol. The van der Waals surface area contributed by atoms with Gasteiger partial charge in [0.1, 0.15) is 17.8 Å². The minimum absolute atomic E-state index is 0.278. The molecule has 33 heavy (non-hydrogen) atoms. The molecule has 3 aromatic heterocycles. The van der Waals surface area contributed by atoms with Gasteiger partial charge in [0.15, 0.2) is 5.82 Å². The number of pyridine rings is 1. The molecule has 0 aliphatic carbocycles. The molecule has 0 radical (unpaired) electrons. The second-order valence-corrected chi connectivity index (χ2v) is 7.52. The summed E-state index contributed by atoms with van der Waals surface area (Å²) >= 11 is 0. The van der Waals surface area contributed by atoms with Gasteiger partial charge in [-0.3, -0.25) is 4.79 Å². The van der Waals surface area contributed by atoms with Gasteiger partial charge in [-0.05, 0) is 56.3 Å². The first-order valence-electron chi connectivity index (χ1n) is 10.4. The van der Waals surface area contributed by atoms with Crippen LogP contribution in [0.5, 0.6) is 11.6 Å². The molecule has 2 aromatic carbocycles. The Kier molecular flexibility index (Phi) is 5.24. The number of nitrogens with zero attached hydrogens (tertiary/aromatic N) is 5. The Labute approximate surface area is 189 Å². The van der Waals surface area contributed by atoms with Crippen molar-refractivity contribution >= 4 is 22.5 Å². The second kappa shape index (κ2) is 8.51. The van der Waals surface area contributed by atoms with Crippen LogP contribution in [-0.4, -0.2) is 30.6 Å². The SMILES string of the molecule is Cc1cc(C)n(-c2cc(Oc3ccc(NC(=O)c4ccc5ccccc5n4)cc3)ncn2)n1. The molecule has 8 heteroatoms. The van der Waals surface area contributed by atoms with Gasteiger partial charge in [0, 0.05) is 22.8 Å². The highest BCUT2D eigenvalue weighted by Crippen LogP contribution is 2.23. The predicted molar refractivity (Wildman–Crippen MR) is 125 cm³/mol. The number of para-hydroxylation sites is 1. The van der Waals surface area contributed by atoms with E-state index in [9.17, 15) is 4.79 Å². The van der Waals surface area contributed by atoms with E-state index in [0.29, 0.717) is 28.8 Å². The number of anilines is 1. The summed E-state index contributed by atoms with van der Waals surface area (Å²) in [6, 6.07) is 22.0. The van der Waals surface area contributed by atoms with Crippen molar-refractivity contribution in [1.29, 1.82) is 0 Å². The molecule has 1 amide bonds. The Balaban J connectivity index is 1.28. The van der Waals surface area contributed by atoms with Gasteiger partial charge in [-0.1, -0.05) is 24.3 Å². The number of rotatable bonds is 5. The van der Waals surface area contributed by atoms with Gasteiger partial charge < -0.3 is 10.1 Å². The lowest BCUT2D eigenvalue weighted by Gasteiger charge is -2.09. The molecule has 5 rings (SSSR count). The van der Waals surface area contributed by atoms with Crippen molar-refractivity contribution in [2.75, 3.05) is 5.32 Å². The maximum Gasteiger partial charge on any atom is 0.274 e. The molecule has 8 nitrogen and oxygen atoms in total. The number of aryl methyl sites for hydroxylation is 2. The molecule has 3 heterocycles. The van der Waals surface area contributed by atoms with Gasteiger partial charge in [0.25, 0.3) is 5.91 Å². The van der Waals surface area contributed by atoms with E-state index in [-0.39, 0.29) is 5.91 Å².